The molecule has 1 unspecified atom stereocenters. The van der Waals surface area contributed by atoms with Crippen LogP contribution in [0.1, 0.15) is 43.3 Å². The molecule has 0 saturated heterocycles. The van der Waals surface area contributed by atoms with Crippen LogP contribution in [-0.2, 0) is 0 Å². The van der Waals surface area contributed by atoms with Crippen LogP contribution in [0, 0.1) is 13.8 Å². The molecule has 20 heavy (non-hydrogen) atoms. The van der Waals surface area contributed by atoms with E-state index < -0.39 is 0 Å². The van der Waals surface area contributed by atoms with Gasteiger partial charge in [-0.25, -0.2) is 9.97 Å². The molecule has 0 fully saturated rings. The summed E-state index contributed by atoms with van der Waals surface area (Å²) in [4.78, 5) is 8.81. The maximum Gasteiger partial charge on any atom is 0.262 e. The summed E-state index contributed by atoms with van der Waals surface area (Å²) in [5, 5.41) is 5.00. The van der Waals surface area contributed by atoms with Crippen LogP contribution in [0.4, 0.5) is 0 Å². The monoisotopic (exact) mass is 291 g/mol. The summed E-state index contributed by atoms with van der Waals surface area (Å²) in [6, 6.07) is 4.44. The fourth-order valence-electron chi connectivity index (χ4n) is 1.76. The van der Waals surface area contributed by atoms with Crippen molar-refractivity contribution in [3.05, 3.63) is 35.3 Å². The Labute approximate surface area is 124 Å². The summed E-state index contributed by atoms with van der Waals surface area (Å²) >= 11 is 1.45. The van der Waals surface area contributed by atoms with Crippen molar-refractivity contribution in [2.24, 2.45) is 0 Å². The molecule has 1 atom stereocenters. The number of nitrogens with one attached hydrogen (secondary N) is 1. The Morgan fingerprint density at radius 2 is 2.15 bits per heavy atom. The van der Waals surface area contributed by atoms with E-state index in [1.54, 1.807) is 0 Å². The standard InChI is InChI=1S/C15H21N3OS/c1-5-8-16-11(3)13-6-7-14(17-9-13)20-15-18-10(2)12(4)19-15/h6-7,9,11,16H,5,8H2,1-4H3. The van der Waals surface area contributed by atoms with Crippen molar-refractivity contribution in [3.8, 4) is 0 Å². The van der Waals surface area contributed by atoms with Crippen LogP contribution in [0.5, 0.6) is 0 Å². The third-order valence-electron chi connectivity index (χ3n) is 3.16. The lowest BCUT2D eigenvalue weighted by molar-refractivity contribution is 0.431. The van der Waals surface area contributed by atoms with Crippen LogP contribution < -0.4 is 5.32 Å². The summed E-state index contributed by atoms with van der Waals surface area (Å²) in [5.74, 6) is 0.863. The second kappa shape index (κ2) is 6.90. The van der Waals surface area contributed by atoms with Crippen LogP contribution in [0.3, 0.4) is 0 Å². The van der Waals surface area contributed by atoms with Crippen molar-refractivity contribution >= 4 is 11.8 Å². The van der Waals surface area contributed by atoms with Crippen LogP contribution in [0.15, 0.2) is 33.0 Å². The van der Waals surface area contributed by atoms with Crippen molar-refractivity contribution in [2.75, 3.05) is 6.54 Å². The molecule has 1 N–H and O–H groups in total. The highest BCUT2D eigenvalue weighted by molar-refractivity contribution is 7.99. The van der Waals surface area contributed by atoms with E-state index in [0.29, 0.717) is 11.3 Å². The van der Waals surface area contributed by atoms with Crippen LogP contribution >= 0.6 is 11.8 Å². The number of hydrogen-bond acceptors (Lipinski definition) is 5. The summed E-state index contributed by atoms with van der Waals surface area (Å²) in [6.45, 7) is 9.20. The zero-order chi connectivity index (χ0) is 14.5. The number of hydrogen-bond donors (Lipinski definition) is 1. The normalized spacial score (nSPS) is 12.6. The first-order chi connectivity index (χ1) is 9.60. The van der Waals surface area contributed by atoms with E-state index in [9.17, 15) is 0 Å². The molecule has 0 spiro atoms. The smallest absolute Gasteiger partial charge is 0.262 e. The molecule has 2 rings (SSSR count). The van der Waals surface area contributed by atoms with Crippen molar-refractivity contribution < 1.29 is 4.42 Å². The fourth-order valence-corrected chi connectivity index (χ4v) is 2.53. The molecule has 5 heteroatoms. The molecule has 108 valence electrons. The lowest BCUT2D eigenvalue weighted by Crippen LogP contribution is -2.19. The van der Waals surface area contributed by atoms with Crippen molar-refractivity contribution in [2.45, 2.75) is 50.4 Å². The van der Waals surface area contributed by atoms with Gasteiger partial charge in [-0.05, 0) is 57.1 Å². The molecular formula is C15H21N3OS. The van der Waals surface area contributed by atoms with Gasteiger partial charge < -0.3 is 9.73 Å². The van der Waals surface area contributed by atoms with Gasteiger partial charge in [0.25, 0.3) is 5.22 Å². The highest BCUT2D eigenvalue weighted by Gasteiger charge is 2.09. The summed E-state index contributed by atoms with van der Waals surface area (Å²) in [5.41, 5.74) is 2.13. The minimum atomic E-state index is 0.327. The molecule has 0 bridgehead atoms. The SMILES string of the molecule is CCCNC(C)c1ccc(Sc2nc(C)c(C)o2)nc1. The minimum absolute atomic E-state index is 0.327. The largest absolute Gasteiger partial charge is 0.436 e. The fraction of sp³-hybridized carbons (Fsp3) is 0.467. The maximum absolute atomic E-state index is 5.55. The van der Waals surface area contributed by atoms with Gasteiger partial charge in [0.15, 0.2) is 0 Å². The molecule has 0 aliphatic rings. The lowest BCUT2D eigenvalue weighted by atomic mass is 10.1. The van der Waals surface area contributed by atoms with Crippen molar-refractivity contribution in [3.63, 3.8) is 0 Å². The second-order valence-corrected chi connectivity index (χ2v) is 5.80. The number of aromatic nitrogens is 2. The average Bonchev–Trinajstić information content (AvgIpc) is 2.75. The molecule has 0 saturated carbocycles. The Morgan fingerprint density at radius 3 is 2.70 bits per heavy atom. The maximum atomic E-state index is 5.55. The number of oxazole rings is 1. The van der Waals surface area contributed by atoms with E-state index in [-0.39, 0.29) is 0 Å². The Balaban J connectivity index is 2.01. The van der Waals surface area contributed by atoms with Gasteiger partial charge >= 0.3 is 0 Å². The second-order valence-electron chi connectivity index (χ2n) is 4.83. The molecule has 0 amide bonds. The zero-order valence-electron chi connectivity index (χ0n) is 12.4. The van der Waals surface area contributed by atoms with Crippen molar-refractivity contribution in [1.82, 2.24) is 15.3 Å². The number of aryl methyl sites for hydroxylation is 2. The highest BCUT2D eigenvalue weighted by atomic mass is 32.2. The van der Waals surface area contributed by atoms with Gasteiger partial charge in [-0.2, -0.15) is 0 Å². The van der Waals surface area contributed by atoms with E-state index in [1.165, 1.54) is 17.3 Å². The molecule has 2 heterocycles. The zero-order valence-corrected chi connectivity index (χ0v) is 13.3. The Morgan fingerprint density at radius 1 is 1.35 bits per heavy atom. The highest BCUT2D eigenvalue weighted by Crippen LogP contribution is 2.27. The van der Waals surface area contributed by atoms with Crippen LogP contribution in [-0.4, -0.2) is 16.5 Å². The summed E-state index contributed by atoms with van der Waals surface area (Å²) in [6.07, 6.45) is 3.05. The van der Waals surface area contributed by atoms with E-state index >= 15 is 0 Å². The molecule has 2 aromatic heterocycles. The minimum Gasteiger partial charge on any atom is -0.436 e. The van der Waals surface area contributed by atoms with Gasteiger partial charge in [0.2, 0.25) is 0 Å². The van der Waals surface area contributed by atoms with Gasteiger partial charge in [-0.15, -0.1) is 0 Å². The molecule has 0 aliphatic carbocycles. The van der Waals surface area contributed by atoms with Crippen molar-refractivity contribution in [1.29, 1.82) is 0 Å². The van der Waals surface area contributed by atoms with Gasteiger partial charge in [0.1, 0.15) is 10.8 Å². The van der Waals surface area contributed by atoms with Gasteiger partial charge in [-0.1, -0.05) is 13.0 Å². The topological polar surface area (TPSA) is 51.0 Å². The molecule has 0 radical (unpaired) electrons. The first-order valence-corrected chi connectivity index (χ1v) is 7.73. The predicted molar refractivity (Wildman–Crippen MR) is 81.0 cm³/mol. The summed E-state index contributed by atoms with van der Waals surface area (Å²) < 4.78 is 5.55. The van der Waals surface area contributed by atoms with Gasteiger partial charge in [0.05, 0.1) is 5.69 Å². The van der Waals surface area contributed by atoms with Gasteiger partial charge in [0, 0.05) is 12.2 Å². The Kier molecular flexibility index (Phi) is 5.20. The van der Waals surface area contributed by atoms with E-state index in [2.05, 4.69) is 35.2 Å². The van der Waals surface area contributed by atoms with Crippen LogP contribution in [0.25, 0.3) is 0 Å². The number of nitrogens with zero attached hydrogens (tertiary/aromatic N) is 2. The third-order valence-corrected chi connectivity index (χ3v) is 3.96. The number of rotatable bonds is 6. The first-order valence-electron chi connectivity index (χ1n) is 6.91. The third kappa shape index (κ3) is 3.84. The molecular weight excluding hydrogens is 270 g/mol. The van der Waals surface area contributed by atoms with Crippen LogP contribution in [0.2, 0.25) is 0 Å². The average molecular weight is 291 g/mol. The molecule has 0 aromatic carbocycles. The molecule has 4 nitrogen and oxygen atoms in total. The summed E-state index contributed by atoms with van der Waals surface area (Å²) in [7, 11) is 0. The molecule has 2 aromatic rings. The first kappa shape index (κ1) is 15.1. The Hall–Kier alpha value is -1.33. The van der Waals surface area contributed by atoms with Gasteiger partial charge in [-0.3, -0.25) is 0 Å². The molecule has 0 aliphatic heterocycles. The number of pyridine rings is 1. The predicted octanol–water partition coefficient (Wildman–Crippen LogP) is 3.90. The van der Waals surface area contributed by atoms with E-state index in [0.717, 1.165) is 29.4 Å². The van der Waals surface area contributed by atoms with E-state index in [1.807, 2.05) is 26.1 Å². The van der Waals surface area contributed by atoms with E-state index in [4.69, 9.17) is 4.42 Å². The quantitative estimate of drug-likeness (QED) is 0.874. The Bertz CT molecular complexity index is 531. The lowest BCUT2D eigenvalue weighted by Gasteiger charge is -2.13.